The normalized spacial score (nSPS) is 11.1. The molecule has 0 heterocycles. The van der Waals surface area contributed by atoms with E-state index in [1.807, 2.05) is 45.0 Å². The molecule has 0 spiro atoms. The van der Waals surface area contributed by atoms with Crippen molar-refractivity contribution in [1.29, 1.82) is 0 Å². The topological polar surface area (TPSA) is 96.2 Å². The third-order valence-corrected chi connectivity index (χ3v) is 3.55. The van der Waals surface area contributed by atoms with Gasteiger partial charge in [0.2, 0.25) is 0 Å². The molecule has 0 amide bonds. The Balaban J connectivity index is 0.00000100. The maximum absolute atomic E-state index is 9.35. The average Bonchev–Trinajstić information content (AvgIpc) is 2.53. The fraction of sp³-hybridized carbons (Fsp3) is 0.316. The maximum atomic E-state index is 9.35. The van der Waals surface area contributed by atoms with Crippen LogP contribution in [0.5, 0.6) is 5.75 Å². The summed E-state index contributed by atoms with van der Waals surface area (Å²) in [6.45, 7) is 6.01. The van der Waals surface area contributed by atoms with Crippen molar-refractivity contribution >= 4 is 21.5 Å². The zero-order valence-electron chi connectivity index (χ0n) is 15.9. The summed E-state index contributed by atoms with van der Waals surface area (Å²) in [5.74, 6) is 0.783. The number of ether oxygens (including phenoxy) is 1. The minimum atomic E-state index is -3.67. The third kappa shape index (κ3) is 9.26. The van der Waals surface area contributed by atoms with E-state index in [-0.39, 0.29) is 26.7 Å². The third-order valence-electron chi connectivity index (χ3n) is 3.55. The molecule has 0 aliphatic heterocycles. The van der Waals surface area contributed by atoms with Crippen LogP contribution in [-0.4, -0.2) is 37.2 Å². The Morgan fingerprint density at radius 2 is 1.74 bits per heavy atom. The summed E-state index contributed by atoms with van der Waals surface area (Å²) >= 11 is 0. The molecule has 0 aliphatic carbocycles. The molecule has 6 nitrogen and oxygen atoms in total. The number of hydrogen-bond donors (Lipinski definition) is 2. The molecule has 2 N–H and O–H groups in total. The van der Waals surface area contributed by atoms with Crippen LogP contribution in [0.4, 0.5) is 5.69 Å². The fourth-order valence-electron chi connectivity index (χ4n) is 2.30. The maximum Gasteiger partial charge on any atom is 0.261 e. The van der Waals surface area contributed by atoms with E-state index in [0.29, 0.717) is 6.26 Å². The molecule has 8 heteroatoms. The molecular weight excluding hydrogens is 546 g/mol. The molecule has 0 saturated carbocycles. The average molecular weight is 571 g/mol. The predicted octanol–water partition coefficient (Wildman–Crippen LogP) is 3.25. The van der Waals surface area contributed by atoms with Crippen molar-refractivity contribution in [2.24, 2.45) is 4.99 Å². The molecule has 0 atom stereocenters. The van der Waals surface area contributed by atoms with Gasteiger partial charge in [0.25, 0.3) is 10.1 Å². The molecule has 2 rings (SSSR count). The first-order valence-corrected chi connectivity index (χ1v) is 9.64. The Hall–Kier alpha value is -1.57. The molecule has 151 valence electrons. The standard InChI is InChI=1S/C18H20NO2.CH4O3S.Ir/c1-12-9-16(10-13(2)18(12)11-20)19-14(3)15-5-7-17(21-4)8-6-15;1-5(2,3)4;/h5,7-10,20H,11H2,1-4H3;1H3,(H,2,3,4);/q-1;;. The first-order chi connectivity index (χ1) is 12.0. The van der Waals surface area contributed by atoms with Gasteiger partial charge in [-0.15, -0.1) is 29.8 Å². The van der Waals surface area contributed by atoms with Crippen molar-refractivity contribution in [1.82, 2.24) is 0 Å². The van der Waals surface area contributed by atoms with E-state index in [4.69, 9.17) is 9.29 Å². The molecule has 2 aromatic carbocycles. The van der Waals surface area contributed by atoms with E-state index in [0.717, 1.165) is 39.4 Å². The van der Waals surface area contributed by atoms with Crippen LogP contribution in [0.25, 0.3) is 0 Å². The molecule has 1 radical (unpaired) electrons. The monoisotopic (exact) mass is 571 g/mol. The van der Waals surface area contributed by atoms with Crippen LogP contribution < -0.4 is 4.74 Å². The van der Waals surface area contributed by atoms with Gasteiger partial charge in [0, 0.05) is 25.9 Å². The second kappa shape index (κ2) is 11.3. The van der Waals surface area contributed by atoms with E-state index in [1.54, 1.807) is 13.2 Å². The van der Waals surface area contributed by atoms with Gasteiger partial charge >= 0.3 is 0 Å². The van der Waals surface area contributed by atoms with Crippen molar-refractivity contribution in [2.45, 2.75) is 27.4 Å². The van der Waals surface area contributed by atoms with Gasteiger partial charge in [-0.3, -0.25) is 4.55 Å². The van der Waals surface area contributed by atoms with Crippen LogP contribution in [0, 0.1) is 19.9 Å². The Morgan fingerprint density at radius 1 is 1.22 bits per heavy atom. The largest absolute Gasteiger partial charge is 0.540 e. The van der Waals surface area contributed by atoms with Gasteiger partial charge in [0.1, 0.15) is 0 Å². The molecule has 0 aromatic heterocycles. The first-order valence-electron chi connectivity index (χ1n) is 7.80. The SMILES string of the molecule is COc1c[c-]c(C(C)=Nc2cc(C)c(CO)c(C)c2)cc1.CS(=O)(=O)O.[Ir]. The zero-order chi connectivity index (χ0) is 19.9. The number of aryl methyl sites for hydroxylation is 2. The Morgan fingerprint density at radius 3 is 2.11 bits per heavy atom. The molecular formula is C19H24IrNO5S-. The van der Waals surface area contributed by atoms with Crippen molar-refractivity contribution < 1.29 is 42.9 Å². The van der Waals surface area contributed by atoms with Crippen LogP contribution in [0.15, 0.2) is 35.3 Å². The second-order valence-electron chi connectivity index (χ2n) is 5.79. The second-order valence-corrected chi connectivity index (χ2v) is 7.25. The molecule has 2 aromatic rings. The number of hydrogen-bond acceptors (Lipinski definition) is 5. The number of benzene rings is 2. The molecule has 0 aliphatic rings. The number of aliphatic hydroxyl groups is 1. The van der Waals surface area contributed by atoms with Gasteiger partial charge < -0.3 is 14.8 Å². The quantitative estimate of drug-likeness (QED) is 0.334. The summed E-state index contributed by atoms with van der Waals surface area (Å²) in [5, 5.41) is 9.35. The summed E-state index contributed by atoms with van der Waals surface area (Å²) in [5.41, 5.74) is 5.82. The number of aliphatic hydroxyl groups excluding tert-OH is 1. The van der Waals surface area contributed by atoms with Crippen molar-refractivity contribution in [2.75, 3.05) is 13.4 Å². The van der Waals surface area contributed by atoms with E-state index >= 15 is 0 Å². The molecule has 0 unspecified atom stereocenters. The van der Waals surface area contributed by atoms with E-state index < -0.39 is 10.1 Å². The fourth-order valence-corrected chi connectivity index (χ4v) is 2.30. The summed E-state index contributed by atoms with van der Waals surface area (Å²) in [6, 6.07) is 12.8. The minimum Gasteiger partial charge on any atom is -0.540 e. The van der Waals surface area contributed by atoms with Crippen molar-refractivity contribution in [3.8, 4) is 5.75 Å². The Kier molecular flexibility index (Phi) is 10.7. The first kappa shape index (κ1) is 25.4. The molecule has 0 bridgehead atoms. The predicted molar refractivity (Wildman–Crippen MR) is 103 cm³/mol. The number of rotatable bonds is 4. The van der Waals surface area contributed by atoms with Gasteiger partial charge in [0.05, 0.1) is 25.7 Å². The minimum absolute atomic E-state index is 0. The Labute approximate surface area is 174 Å². The van der Waals surface area contributed by atoms with Gasteiger partial charge in [-0.2, -0.15) is 8.42 Å². The van der Waals surface area contributed by atoms with Gasteiger partial charge in [0.15, 0.2) is 0 Å². The van der Waals surface area contributed by atoms with Crippen molar-refractivity contribution in [3.05, 3.63) is 58.7 Å². The van der Waals surface area contributed by atoms with Crippen molar-refractivity contribution in [3.63, 3.8) is 0 Å². The zero-order valence-corrected chi connectivity index (χ0v) is 19.1. The molecule has 0 fully saturated rings. The van der Waals surface area contributed by atoms with Crippen LogP contribution in [0.2, 0.25) is 0 Å². The summed E-state index contributed by atoms with van der Waals surface area (Å²) in [4.78, 5) is 4.64. The van der Waals surface area contributed by atoms with Gasteiger partial charge in [-0.05, 0) is 48.4 Å². The van der Waals surface area contributed by atoms with E-state index in [1.165, 1.54) is 0 Å². The number of methoxy groups -OCH3 is 1. The van der Waals surface area contributed by atoms with Crippen LogP contribution in [-0.2, 0) is 36.8 Å². The molecule has 0 saturated heterocycles. The number of aliphatic imine (C=N–C) groups is 1. The van der Waals surface area contributed by atoms with Crippen LogP contribution in [0.1, 0.15) is 29.2 Å². The van der Waals surface area contributed by atoms with Gasteiger partial charge in [-0.1, -0.05) is 6.92 Å². The van der Waals surface area contributed by atoms with E-state index in [2.05, 4.69) is 11.1 Å². The van der Waals surface area contributed by atoms with Crippen LogP contribution in [0.3, 0.4) is 0 Å². The summed E-state index contributed by atoms with van der Waals surface area (Å²) in [7, 11) is -2.03. The summed E-state index contributed by atoms with van der Waals surface area (Å²) in [6.07, 6.45) is 0.715. The number of nitrogens with zero attached hydrogens (tertiary/aromatic N) is 1. The smallest absolute Gasteiger partial charge is 0.261 e. The van der Waals surface area contributed by atoms with Crippen LogP contribution >= 0.6 is 0 Å². The van der Waals surface area contributed by atoms with E-state index in [9.17, 15) is 13.5 Å². The summed E-state index contributed by atoms with van der Waals surface area (Å²) < 4.78 is 31.0. The molecule has 27 heavy (non-hydrogen) atoms. The van der Waals surface area contributed by atoms with Gasteiger partial charge in [-0.25, -0.2) is 0 Å². The Bertz CT molecular complexity index is 846.